The maximum atomic E-state index is 14.0. The van der Waals surface area contributed by atoms with E-state index in [1.54, 1.807) is 45.0 Å². The number of esters is 1. The number of benzene rings is 2. The second kappa shape index (κ2) is 24.5. The van der Waals surface area contributed by atoms with Gasteiger partial charge in [0.05, 0.1) is 61.7 Å². The lowest BCUT2D eigenvalue weighted by Gasteiger charge is -2.46. The molecule has 1 saturated heterocycles. The van der Waals surface area contributed by atoms with E-state index < -0.39 is 78.6 Å². The number of ether oxygens (including phenoxy) is 3. The van der Waals surface area contributed by atoms with Gasteiger partial charge in [-0.15, -0.1) is 5.10 Å². The van der Waals surface area contributed by atoms with Gasteiger partial charge in [0.2, 0.25) is 0 Å². The topological polar surface area (TPSA) is 193 Å². The Kier molecular flexibility index (Phi) is 19.2. The molecule has 2 unspecified atom stereocenters. The van der Waals surface area contributed by atoms with Crippen LogP contribution in [0.1, 0.15) is 65.9 Å². The fraction of sp³-hybridized carbons (Fsp3) is 0.549. The normalized spacial score (nSPS) is 30.6. The summed E-state index contributed by atoms with van der Waals surface area (Å²) in [6, 6.07) is 17.6. The van der Waals surface area contributed by atoms with Gasteiger partial charge in [-0.05, 0) is 118 Å². The minimum absolute atomic E-state index is 0.103. The molecule has 4 aromatic rings. The number of aromatic nitrogens is 4. The van der Waals surface area contributed by atoms with Gasteiger partial charge in [0.25, 0.3) is 0 Å². The van der Waals surface area contributed by atoms with E-state index in [9.17, 15) is 30.0 Å². The van der Waals surface area contributed by atoms with Gasteiger partial charge in [-0.3, -0.25) is 24.2 Å². The maximum Gasteiger partial charge on any atom is 0.308 e. The summed E-state index contributed by atoms with van der Waals surface area (Å²) >= 11 is 2.30. The summed E-state index contributed by atoms with van der Waals surface area (Å²) in [5, 5.41) is 55.1. The van der Waals surface area contributed by atoms with Crippen LogP contribution in [0.3, 0.4) is 0 Å². The van der Waals surface area contributed by atoms with Crippen molar-refractivity contribution in [1.82, 2.24) is 29.8 Å². The first-order chi connectivity index (χ1) is 32.0. The lowest BCUT2D eigenvalue weighted by molar-refractivity contribution is -0.304. The second-order valence-corrected chi connectivity index (χ2v) is 19.9. The Morgan fingerprint density at radius 3 is 2.45 bits per heavy atom. The van der Waals surface area contributed by atoms with Crippen molar-refractivity contribution in [1.29, 1.82) is 0 Å². The molecule has 364 valence electrons. The molecule has 2 aliphatic heterocycles. The molecule has 1 fully saturated rings. The van der Waals surface area contributed by atoms with Gasteiger partial charge in [-0.1, -0.05) is 74.0 Å². The molecule has 4 heterocycles. The summed E-state index contributed by atoms with van der Waals surface area (Å²) in [5.74, 6) is -2.86. The SMILES string of the molecule is CC[C@H]1OC(=O)C[C@@H](O)[C@H](C)[C@@H](O[C@@H]2O[C@H](C)[C@@H](O)C(N(C)C)C2O)[C@@H](CCN(CCn2cc(-c3cnc4ccccc4c3)nn2)Cc2ccc(I)cc2)C[C@@H](C)C(=O)/C=C/C(C)=C/[C@@H]1CO. The number of hydrogen-bond acceptors (Lipinski definition) is 14. The highest BCUT2D eigenvalue weighted by molar-refractivity contribution is 14.1. The average Bonchev–Trinajstić information content (AvgIpc) is 3.79. The van der Waals surface area contributed by atoms with Crippen LogP contribution in [0.25, 0.3) is 22.2 Å². The minimum Gasteiger partial charge on any atom is -0.462 e. The molecule has 0 amide bonds. The van der Waals surface area contributed by atoms with Crippen molar-refractivity contribution < 1.29 is 44.2 Å². The number of allylic oxidation sites excluding steroid dienone is 3. The number of carbonyl (C=O) groups is 2. The molecule has 12 atom stereocenters. The molecule has 0 bridgehead atoms. The number of fused-ring (bicyclic) bond motifs is 1. The van der Waals surface area contributed by atoms with E-state index in [0.29, 0.717) is 51.1 Å². The lowest BCUT2D eigenvalue weighted by atomic mass is 9.79. The highest BCUT2D eigenvalue weighted by Gasteiger charge is 2.47. The first kappa shape index (κ1) is 52.4. The highest BCUT2D eigenvalue weighted by atomic mass is 127. The number of carbonyl (C=O) groups excluding carboxylic acids is 2. The molecule has 15 nitrogen and oxygen atoms in total. The summed E-state index contributed by atoms with van der Waals surface area (Å²) in [7, 11) is 3.54. The monoisotopic (exact) mass is 1040 g/mol. The molecule has 0 radical (unpaired) electrons. The third-order valence-corrected chi connectivity index (χ3v) is 14.1. The number of rotatable bonds is 14. The van der Waals surface area contributed by atoms with Crippen molar-refractivity contribution in [2.24, 2.45) is 23.7 Å². The summed E-state index contributed by atoms with van der Waals surface area (Å²) in [6.07, 6.45) is 2.79. The van der Waals surface area contributed by atoms with E-state index in [4.69, 9.17) is 14.2 Å². The largest absolute Gasteiger partial charge is 0.462 e. The number of nitrogens with zero attached hydrogens (tertiary/aromatic N) is 6. The predicted octanol–water partition coefficient (Wildman–Crippen LogP) is 5.82. The number of halogens is 1. The van der Waals surface area contributed by atoms with Crippen LogP contribution in [0.4, 0.5) is 0 Å². The zero-order chi connectivity index (χ0) is 48.4. The Bertz CT molecular complexity index is 2290. The molecule has 2 aliphatic rings. The molecule has 16 heteroatoms. The summed E-state index contributed by atoms with van der Waals surface area (Å²) in [5.41, 5.74) is 4.34. The molecule has 0 aliphatic carbocycles. The van der Waals surface area contributed by atoms with Gasteiger partial charge >= 0.3 is 5.97 Å². The van der Waals surface area contributed by atoms with E-state index in [1.165, 1.54) is 0 Å². The summed E-state index contributed by atoms with van der Waals surface area (Å²) in [6.45, 7) is 11.1. The molecule has 4 N–H and O–H groups in total. The van der Waals surface area contributed by atoms with Crippen LogP contribution >= 0.6 is 22.6 Å². The van der Waals surface area contributed by atoms with Gasteiger partial charge < -0.3 is 39.5 Å². The van der Waals surface area contributed by atoms with Crippen molar-refractivity contribution in [2.75, 3.05) is 33.8 Å². The number of aliphatic hydroxyl groups is 4. The molecular formula is C51H69IN6O9. The standard InChI is InChI=1S/C51H69IN6O9/c1-8-45-39(30-59)23-31(2)13-18-43(60)32(3)24-37(50(33(4)44(61)26-46(62)66-45)67-51-49(64)47(56(6)7)48(63)34(5)65-51)19-20-57(28-35-14-16-40(52)17-15-35)21-22-58-29-42(54-55-58)38-25-36-11-9-10-12-41(36)53-27-38/h9-18,23,25,27,29,32-34,37,39,44-45,47-51,59,61,63-64H,8,19-22,24,26,28,30H2,1-7H3/b18-13+,31-23+/t32-,33+,34-,37+,39-,44-,45-,47?,48-,49?,50-,51+/m1/s1. The van der Waals surface area contributed by atoms with Crippen LogP contribution in [-0.2, 0) is 36.9 Å². The smallest absolute Gasteiger partial charge is 0.308 e. The van der Waals surface area contributed by atoms with Crippen molar-refractivity contribution in [3.63, 3.8) is 0 Å². The van der Waals surface area contributed by atoms with Crippen LogP contribution in [0.2, 0.25) is 0 Å². The Morgan fingerprint density at radius 2 is 1.73 bits per heavy atom. The van der Waals surface area contributed by atoms with E-state index in [1.807, 2.05) is 68.2 Å². The lowest BCUT2D eigenvalue weighted by Crippen LogP contribution is -2.63. The van der Waals surface area contributed by atoms with Crippen molar-refractivity contribution in [3.05, 3.63) is 99.9 Å². The van der Waals surface area contributed by atoms with Crippen molar-refractivity contribution in [2.45, 2.75) is 122 Å². The average molecular weight is 1040 g/mol. The van der Waals surface area contributed by atoms with E-state index in [0.717, 1.165) is 31.2 Å². The molecule has 0 saturated carbocycles. The minimum atomic E-state index is -1.27. The number of hydrogen-bond donors (Lipinski definition) is 4. The molecule has 2 aromatic carbocycles. The third kappa shape index (κ3) is 14.1. The van der Waals surface area contributed by atoms with Gasteiger partial charge in [-0.2, -0.15) is 0 Å². The molecular weight excluding hydrogens is 967 g/mol. The van der Waals surface area contributed by atoms with E-state index in [2.05, 4.69) is 73.1 Å². The van der Waals surface area contributed by atoms with Crippen LogP contribution < -0.4 is 0 Å². The molecule has 67 heavy (non-hydrogen) atoms. The zero-order valence-electron chi connectivity index (χ0n) is 39.8. The van der Waals surface area contributed by atoms with Gasteiger partial charge in [0, 0.05) is 51.6 Å². The van der Waals surface area contributed by atoms with Crippen molar-refractivity contribution in [3.8, 4) is 11.3 Å². The number of cyclic esters (lactones) is 1. The fourth-order valence-corrected chi connectivity index (χ4v) is 9.68. The number of aliphatic hydroxyl groups excluding tert-OH is 4. The quantitative estimate of drug-likeness (QED) is 0.0873. The van der Waals surface area contributed by atoms with Crippen LogP contribution in [0.15, 0.2) is 90.8 Å². The number of para-hydroxylation sites is 1. The Morgan fingerprint density at radius 1 is 0.985 bits per heavy atom. The first-order valence-corrected chi connectivity index (χ1v) is 24.6. The Balaban J connectivity index is 1.33. The highest BCUT2D eigenvalue weighted by Crippen LogP contribution is 2.35. The fourth-order valence-electron chi connectivity index (χ4n) is 9.32. The van der Waals surface area contributed by atoms with E-state index in [-0.39, 0.29) is 18.8 Å². The van der Waals surface area contributed by atoms with Crippen LogP contribution in [0.5, 0.6) is 0 Å². The maximum absolute atomic E-state index is 14.0. The number of likely N-dealkylation sites (N-methyl/N-ethyl adjacent to an activating group) is 1. The van der Waals surface area contributed by atoms with Gasteiger partial charge in [0.15, 0.2) is 12.1 Å². The number of pyridine rings is 1. The predicted molar refractivity (Wildman–Crippen MR) is 264 cm³/mol. The Labute approximate surface area is 408 Å². The first-order valence-electron chi connectivity index (χ1n) is 23.5. The summed E-state index contributed by atoms with van der Waals surface area (Å²) < 4.78 is 21.9. The molecule has 6 rings (SSSR count). The van der Waals surface area contributed by atoms with Crippen LogP contribution in [-0.4, -0.2) is 145 Å². The Hall–Kier alpha value is -3.98. The van der Waals surface area contributed by atoms with E-state index >= 15 is 0 Å². The number of ketones is 1. The van der Waals surface area contributed by atoms with Gasteiger partial charge in [-0.25, -0.2) is 0 Å². The zero-order valence-corrected chi connectivity index (χ0v) is 41.9. The van der Waals surface area contributed by atoms with Crippen LogP contribution in [0, 0.1) is 27.2 Å². The molecule has 2 aromatic heterocycles. The molecule has 0 spiro atoms. The summed E-state index contributed by atoms with van der Waals surface area (Å²) in [4.78, 5) is 36.3. The van der Waals surface area contributed by atoms with Crippen molar-refractivity contribution >= 4 is 45.2 Å². The van der Waals surface area contributed by atoms with Gasteiger partial charge in [0.1, 0.15) is 17.9 Å². The third-order valence-electron chi connectivity index (χ3n) is 13.4. The second-order valence-electron chi connectivity index (χ2n) is 18.7.